The van der Waals surface area contributed by atoms with E-state index in [9.17, 15) is 18.0 Å². The third kappa shape index (κ3) is 3.76. The second kappa shape index (κ2) is 5.57. The molecule has 1 rings (SSSR count). The number of nitrogens with zero attached hydrogens (tertiary/aromatic N) is 1. The summed E-state index contributed by atoms with van der Waals surface area (Å²) in [7, 11) is 0. The first-order valence-electron chi connectivity index (χ1n) is 5.71. The number of carbonyl (C=O) groups is 1. The quantitative estimate of drug-likeness (QED) is 0.740. The first-order valence-corrected chi connectivity index (χ1v) is 5.71. The molecule has 100 valence electrons. The fourth-order valence-electron chi connectivity index (χ4n) is 2.00. The first kappa shape index (κ1) is 14.1. The van der Waals surface area contributed by atoms with Gasteiger partial charge in [0.25, 0.3) is 0 Å². The van der Waals surface area contributed by atoms with Gasteiger partial charge in [-0.3, -0.25) is 0 Å². The van der Waals surface area contributed by atoms with Crippen LogP contribution in [-0.2, 0) is 0 Å². The zero-order valence-electron chi connectivity index (χ0n) is 9.76. The van der Waals surface area contributed by atoms with E-state index in [-0.39, 0.29) is 32.0 Å². The minimum Gasteiger partial charge on any atom is -0.338 e. The molecule has 7 heteroatoms. The largest absolute Gasteiger partial charge is 0.393 e. The first-order chi connectivity index (χ1) is 7.86. The van der Waals surface area contributed by atoms with Gasteiger partial charge in [-0.1, -0.05) is 0 Å². The van der Waals surface area contributed by atoms with Gasteiger partial charge in [-0.2, -0.15) is 13.2 Å². The summed E-state index contributed by atoms with van der Waals surface area (Å²) in [4.78, 5) is 12.9. The zero-order valence-corrected chi connectivity index (χ0v) is 9.76. The van der Waals surface area contributed by atoms with E-state index >= 15 is 0 Å². The molecule has 0 spiro atoms. The Balaban J connectivity index is 2.62. The third-order valence-corrected chi connectivity index (χ3v) is 2.99. The molecule has 1 aliphatic heterocycles. The number of amides is 2. The Morgan fingerprint density at radius 2 is 2.00 bits per heavy atom. The topological polar surface area (TPSA) is 58.4 Å². The molecule has 0 bridgehead atoms. The molecule has 3 N–H and O–H groups in total. The van der Waals surface area contributed by atoms with Gasteiger partial charge in [0, 0.05) is 25.7 Å². The van der Waals surface area contributed by atoms with Crippen LogP contribution in [0.3, 0.4) is 0 Å². The van der Waals surface area contributed by atoms with Gasteiger partial charge in [0.15, 0.2) is 0 Å². The lowest BCUT2D eigenvalue weighted by atomic mass is 9.95. The molecule has 17 heavy (non-hydrogen) atoms. The molecular weight excluding hydrogens is 235 g/mol. The highest BCUT2D eigenvalue weighted by molar-refractivity contribution is 5.74. The van der Waals surface area contributed by atoms with E-state index in [1.165, 1.54) is 4.90 Å². The highest BCUT2D eigenvalue weighted by Gasteiger charge is 2.44. The van der Waals surface area contributed by atoms with Gasteiger partial charge in [0.05, 0.1) is 5.92 Å². The van der Waals surface area contributed by atoms with Crippen molar-refractivity contribution in [2.75, 3.05) is 19.6 Å². The number of urea groups is 1. The lowest BCUT2D eigenvalue weighted by Crippen LogP contribution is -2.40. The molecule has 2 amide bonds. The van der Waals surface area contributed by atoms with Crippen LogP contribution in [0, 0.1) is 5.92 Å². The Bertz CT molecular complexity index is 270. The van der Waals surface area contributed by atoms with Crippen LogP contribution in [0.5, 0.6) is 0 Å². The standard InChI is InChI=1S/C10H18F3N3O/c1-2-15-9(17)16-5-3-7(10(11,12)13)8(14)4-6-16/h7-8H,2-6,14H2,1H3,(H,15,17). The van der Waals surface area contributed by atoms with E-state index in [0.29, 0.717) is 6.54 Å². The van der Waals surface area contributed by atoms with Crippen molar-refractivity contribution in [2.45, 2.75) is 32.0 Å². The van der Waals surface area contributed by atoms with Crippen LogP contribution in [0.15, 0.2) is 0 Å². The highest BCUT2D eigenvalue weighted by atomic mass is 19.4. The number of nitrogens with two attached hydrogens (primary N) is 1. The van der Waals surface area contributed by atoms with Gasteiger partial charge in [-0.25, -0.2) is 4.79 Å². The van der Waals surface area contributed by atoms with Crippen LogP contribution in [0.25, 0.3) is 0 Å². The second-order valence-electron chi connectivity index (χ2n) is 4.21. The Hall–Kier alpha value is -0.980. The van der Waals surface area contributed by atoms with Gasteiger partial charge in [-0.05, 0) is 19.8 Å². The number of hydrogen-bond donors (Lipinski definition) is 2. The van der Waals surface area contributed by atoms with E-state index in [4.69, 9.17) is 5.73 Å². The van der Waals surface area contributed by atoms with Crippen LogP contribution < -0.4 is 11.1 Å². The normalized spacial score (nSPS) is 26.5. The molecular formula is C10H18F3N3O. The summed E-state index contributed by atoms with van der Waals surface area (Å²) in [5.74, 6) is -1.51. The molecule has 0 radical (unpaired) electrons. The fourth-order valence-corrected chi connectivity index (χ4v) is 2.00. The minimum atomic E-state index is -4.28. The number of rotatable bonds is 1. The second-order valence-corrected chi connectivity index (χ2v) is 4.21. The molecule has 4 nitrogen and oxygen atoms in total. The predicted molar refractivity (Wildman–Crippen MR) is 57.4 cm³/mol. The third-order valence-electron chi connectivity index (χ3n) is 2.99. The number of nitrogens with one attached hydrogen (secondary N) is 1. The van der Waals surface area contributed by atoms with Crippen molar-refractivity contribution >= 4 is 6.03 Å². The number of hydrogen-bond acceptors (Lipinski definition) is 2. The van der Waals surface area contributed by atoms with E-state index in [0.717, 1.165) is 0 Å². The molecule has 0 aliphatic carbocycles. The summed E-state index contributed by atoms with van der Waals surface area (Å²) < 4.78 is 37.9. The maximum absolute atomic E-state index is 12.6. The summed E-state index contributed by atoms with van der Waals surface area (Å²) in [6.07, 6.45) is -4.22. The van der Waals surface area contributed by atoms with E-state index < -0.39 is 18.1 Å². The molecule has 2 atom stereocenters. The van der Waals surface area contributed by atoms with Crippen molar-refractivity contribution in [3.63, 3.8) is 0 Å². The molecule has 0 aromatic heterocycles. The Morgan fingerprint density at radius 1 is 1.41 bits per heavy atom. The molecule has 1 heterocycles. The van der Waals surface area contributed by atoms with Crippen LogP contribution in [0.4, 0.5) is 18.0 Å². The van der Waals surface area contributed by atoms with Crippen LogP contribution >= 0.6 is 0 Å². The lowest BCUT2D eigenvalue weighted by Gasteiger charge is -2.23. The van der Waals surface area contributed by atoms with Crippen molar-refractivity contribution in [1.82, 2.24) is 10.2 Å². The fraction of sp³-hybridized carbons (Fsp3) is 0.900. The van der Waals surface area contributed by atoms with Crippen LogP contribution in [0.2, 0.25) is 0 Å². The summed E-state index contributed by atoms with van der Waals surface area (Å²) in [6.45, 7) is 2.60. The van der Waals surface area contributed by atoms with Crippen LogP contribution in [-0.4, -0.2) is 42.8 Å². The smallest absolute Gasteiger partial charge is 0.338 e. The van der Waals surface area contributed by atoms with Crippen molar-refractivity contribution in [1.29, 1.82) is 0 Å². The molecule has 0 saturated carbocycles. The summed E-state index contributed by atoms with van der Waals surface area (Å²) in [6, 6.07) is -1.24. The van der Waals surface area contributed by atoms with Crippen molar-refractivity contribution < 1.29 is 18.0 Å². The van der Waals surface area contributed by atoms with Gasteiger partial charge >= 0.3 is 12.2 Å². The van der Waals surface area contributed by atoms with E-state index in [1.54, 1.807) is 6.92 Å². The van der Waals surface area contributed by atoms with Crippen molar-refractivity contribution in [3.8, 4) is 0 Å². The SMILES string of the molecule is CCNC(=O)N1CCC(N)C(C(F)(F)F)CC1. The lowest BCUT2D eigenvalue weighted by molar-refractivity contribution is -0.180. The molecule has 1 fully saturated rings. The maximum atomic E-state index is 12.6. The highest BCUT2D eigenvalue weighted by Crippen LogP contribution is 2.33. The molecule has 0 aromatic carbocycles. The van der Waals surface area contributed by atoms with Crippen molar-refractivity contribution in [2.24, 2.45) is 11.7 Å². The minimum absolute atomic E-state index is 0.101. The zero-order chi connectivity index (χ0) is 13.1. The maximum Gasteiger partial charge on any atom is 0.393 e. The van der Waals surface area contributed by atoms with Gasteiger partial charge in [0.2, 0.25) is 0 Å². The Morgan fingerprint density at radius 3 is 2.53 bits per heavy atom. The summed E-state index contributed by atoms with van der Waals surface area (Å²) in [5.41, 5.74) is 5.52. The van der Waals surface area contributed by atoms with Gasteiger partial charge < -0.3 is 16.0 Å². The number of likely N-dealkylation sites (tertiary alicyclic amines) is 1. The van der Waals surface area contributed by atoms with E-state index in [1.807, 2.05) is 0 Å². The van der Waals surface area contributed by atoms with Gasteiger partial charge in [0.1, 0.15) is 0 Å². The van der Waals surface area contributed by atoms with Crippen molar-refractivity contribution in [3.05, 3.63) is 0 Å². The Kier molecular flexibility index (Phi) is 4.62. The molecule has 1 saturated heterocycles. The van der Waals surface area contributed by atoms with Gasteiger partial charge in [-0.15, -0.1) is 0 Å². The van der Waals surface area contributed by atoms with Crippen LogP contribution in [0.1, 0.15) is 19.8 Å². The molecule has 0 aromatic rings. The predicted octanol–water partition coefficient (Wildman–Crippen LogP) is 1.32. The van der Waals surface area contributed by atoms with E-state index in [2.05, 4.69) is 5.32 Å². The average Bonchev–Trinajstić information content (AvgIpc) is 2.39. The Labute approximate surface area is 98.3 Å². The summed E-state index contributed by atoms with van der Waals surface area (Å²) in [5, 5.41) is 2.58. The number of halogens is 3. The monoisotopic (exact) mass is 253 g/mol. The molecule has 1 aliphatic rings. The number of alkyl halides is 3. The average molecular weight is 253 g/mol. The summed E-state index contributed by atoms with van der Waals surface area (Å²) >= 11 is 0. The number of carbonyl (C=O) groups excluding carboxylic acids is 1. The molecule has 2 unspecified atom stereocenters.